The van der Waals surface area contributed by atoms with E-state index in [1.165, 1.54) is 0 Å². The number of carboxylic acid groups (broad SMARTS) is 1. The Kier molecular flexibility index (Phi) is 4.98. The molecule has 17 heavy (non-hydrogen) atoms. The van der Waals surface area contributed by atoms with E-state index in [-0.39, 0.29) is 6.42 Å². The molecule has 0 bridgehead atoms. The topological polar surface area (TPSA) is 90.4 Å². The van der Waals surface area contributed by atoms with Crippen LogP contribution < -0.4 is 10.6 Å². The number of nitriles is 1. The van der Waals surface area contributed by atoms with Gasteiger partial charge in [-0.05, 0) is 12.1 Å². The van der Waals surface area contributed by atoms with Gasteiger partial charge >= 0.3 is 5.97 Å². The number of hydrogen-bond acceptors (Lipinski definition) is 4. The molecule has 0 fully saturated rings. The first-order valence-corrected chi connectivity index (χ1v) is 5.35. The van der Waals surface area contributed by atoms with Gasteiger partial charge in [0.15, 0.2) is 0 Å². The van der Waals surface area contributed by atoms with Crippen molar-refractivity contribution in [1.82, 2.24) is 0 Å². The summed E-state index contributed by atoms with van der Waals surface area (Å²) < 4.78 is 0. The zero-order chi connectivity index (χ0) is 12.7. The fourth-order valence-corrected chi connectivity index (χ4v) is 1.58. The number of carbonyl (C=O) groups is 1. The molecule has 0 atom stereocenters. The van der Waals surface area contributed by atoms with Crippen molar-refractivity contribution >= 4 is 11.7 Å². The Bertz CT molecular complexity index is 426. The molecule has 1 aromatic rings. The molecule has 5 heteroatoms. The lowest BCUT2D eigenvalue weighted by Gasteiger charge is -2.24. The van der Waals surface area contributed by atoms with Crippen LogP contribution in [0.5, 0.6) is 0 Å². The number of rotatable bonds is 6. The number of nitrogens with zero attached hydrogens (tertiary/aromatic N) is 2. The van der Waals surface area contributed by atoms with E-state index in [2.05, 4.69) is 6.07 Å². The number of nitrogens with two attached hydrogens (primary N) is 1. The Morgan fingerprint density at radius 2 is 2.12 bits per heavy atom. The van der Waals surface area contributed by atoms with Gasteiger partial charge in [-0.15, -0.1) is 0 Å². The van der Waals surface area contributed by atoms with Crippen LogP contribution in [0.15, 0.2) is 24.3 Å². The maximum atomic E-state index is 10.6. The summed E-state index contributed by atoms with van der Waals surface area (Å²) in [6, 6.07) is 9.20. The highest BCUT2D eigenvalue weighted by Crippen LogP contribution is 2.19. The molecule has 3 N–H and O–H groups in total. The molecule has 0 amide bonds. The van der Waals surface area contributed by atoms with Crippen LogP contribution in [-0.4, -0.2) is 30.7 Å². The summed E-state index contributed by atoms with van der Waals surface area (Å²) in [5.74, 6) is -0.860. The molecular formula is C12H15N3O2. The Hall–Kier alpha value is -2.06. The number of anilines is 1. The molecule has 0 aliphatic heterocycles. The van der Waals surface area contributed by atoms with Crippen molar-refractivity contribution in [3.63, 3.8) is 0 Å². The Morgan fingerprint density at radius 1 is 1.41 bits per heavy atom. The lowest BCUT2D eigenvalue weighted by atomic mass is 10.1. The number of hydrogen-bond donors (Lipinski definition) is 2. The van der Waals surface area contributed by atoms with Gasteiger partial charge in [0.1, 0.15) is 6.07 Å². The average Bonchev–Trinajstić information content (AvgIpc) is 2.34. The molecule has 0 spiro atoms. The third-order valence-electron chi connectivity index (χ3n) is 2.36. The van der Waals surface area contributed by atoms with E-state index in [0.717, 1.165) is 5.69 Å². The van der Waals surface area contributed by atoms with Gasteiger partial charge in [-0.25, -0.2) is 0 Å². The maximum absolute atomic E-state index is 10.6. The lowest BCUT2D eigenvalue weighted by Crippen LogP contribution is -2.32. The standard InChI is InChI=1S/C12H15N3O2/c13-6-8-15(7-5-12(16)17)11-4-2-1-3-10(11)9-14/h1-4H,5-8,13H2,(H,16,17). The molecule has 0 aliphatic carbocycles. The van der Waals surface area contributed by atoms with Crippen molar-refractivity contribution in [1.29, 1.82) is 5.26 Å². The molecule has 0 aromatic heterocycles. The summed E-state index contributed by atoms with van der Waals surface area (Å²) in [6.07, 6.45) is 0.0275. The van der Waals surface area contributed by atoms with E-state index in [9.17, 15) is 4.79 Å². The lowest BCUT2D eigenvalue weighted by molar-refractivity contribution is -0.136. The van der Waals surface area contributed by atoms with Crippen molar-refractivity contribution in [3.05, 3.63) is 29.8 Å². The van der Waals surface area contributed by atoms with Gasteiger partial charge in [-0.1, -0.05) is 12.1 Å². The van der Waals surface area contributed by atoms with Crippen molar-refractivity contribution in [2.45, 2.75) is 6.42 Å². The molecule has 0 radical (unpaired) electrons. The van der Waals surface area contributed by atoms with E-state index in [4.69, 9.17) is 16.1 Å². The van der Waals surface area contributed by atoms with Crippen LogP contribution in [0.25, 0.3) is 0 Å². The summed E-state index contributed by atoms with van der Waals surface area (Å²) in [4.78, 5) is 12.4. The van der Waals surface area contributed by atoms with E-state index in [1.54, 1.807) is 18.2 Å². The van der Waals surface area contributed by atoms with Crippen LogP contribution in [-0.2, 0) is 4.79 Å². The average molecular weight is 233 g/mol. The highest BCUT2D eigenvalue weighted by Gasteiger charge is 2.11. The van der Waals surface area contributed by atoms with Gasteiger partial charge in [0.05, 0.1) is 17.7 Å². The second-order valence-corrected chi connectivity index (χ2v) is 3.55. The minimum Gasteiger partial charge on any atom is -0.481 e. The Labute approximate surface area is 100 Å². The highest BCUT2D eigenvalue weighted by molar-refractivity contribution is 5.68. The third kappa shape index (κ3) is 3.78. The predicted octanol–water partition coefficient (Wildman–Crippen LogP) is 0.798. The van der Waals surface area contributed by atoms with E-state index in [1.807, 2.05) is 11.0 Å². The molecule has 0 saturated heterocycles. The van der Waals surface area contributed by atoms with E-state index >= 15 is 0 Å². The highest BCUT2D eigenvalue weighted by atomic mass is 16.4. The smallest absolute Gasteiger partial charge is 0.305 e. The summed E-state index contributed by atoms with van der Waals surface area (Å²) in [7, 11) is 0. The summed E-state index contributed by atoms with van der Waals surface area (Å²) in [5, 5.41) is 17.7. The SMILES string of the molecule is N#Cc1ccccc1N(CCN)CCC(=O)O. The second-order valence-electron chi connectivity index (χ2n) is 3.55. The first kappa shape index (κ1) is 13.0. The predicted molar refractivity (Wildman–Crippen MR) is 64.7 cm³/mol. The minimum absolute atomic E-state index is 0.0275. The van der Waals surface area contributed by atoms with Crippen LogP contribution in [0, 0.1) is 11.3 Å². The number of aliphatic carboxylic acids is 1. The Balaban J connectivity index is 2.89. The van der Waals surface area contributed by atoms with Gasteiger partial charge in [-0.2, -0.15) is 5.26 Å². The van der Waals surface area contributed by atoms with Crippen molar-refractivity contribution in [3.8, 4) is 6.07 Å². The van der Waals surface area contributed by atoms with Gasteiger partial charge in [0.25, 0.3) is 0 Å². The largest absolute Gasteiger partial charge is 0.481 e. The number of carboxylic acids is 1. The molecule has 0 saturated carbocycles. The molecule has 90 valence electrons. The van der Waals surface area contributed by atoms with Gasteiger partial charge in [0.2, 0.25) is 0 Å². The maximum Gasteiger partial charge on any atom is 0.305 e. The first-order chi connectivity index (χ1) is 8.19. The van der Waals surface area contributed by atoms with E-state index in [0.29, 0.717) is 25.2 Å². The van der Waals surface area contributed by atoms with Crippen LogP contribution in [0.1, 0.15) is 12.0 Å². The van der Waals surface area contributed by atoms with Gasteiger partial charge in [-0.3, -0.25) is 4.79 Å². The van der Waals surface area contributed by atoms with Gasteiger partial charge in [0, 0.05) is 19.6 Å². The minimum atomic E-state index is -0.860. The van der Waals surface area contributed by atoms with Crippen LogP contribution in [0.4, 0.5) is 5.69 Å². The fraction of sp³-hybridized carbons (Fsp3) is 0.333. The van der Waals surface area contributed by atoms with Crippen LogP contribution in [0.2, 0.25) is 0 Å². The third-order valence-corrected chi connectivity index (χ3v) is 2.36. The summed E-state index contributed by atoms with van der Waals surface area (Å²) in [5.41, 5.74) is 6.76. The monoisotopic (exact) mass is 233 g/mol. The van der Waals surface area contributed by atoms with Crippen LogP contribution in [0.3, 0.4) is 0 Å². The normalized spacial score (nSPS) is 9.65. The summed E-state index contributed by atoms with van der Waals surface area (Å²) >= 11 is 0. The molecule has 0 aliphatic rings. The molecule has 0 unspecified atom stereocenters. The Morgan fingerprint density at radius 3 is 2.71 bits per heavy atom. The second kappa shape index (κ2) is 6.51. The van der Waals surface area contributed by atoms with Gasteiger partial charge < -0.3 is 15.7 Å². The number of para-hydroxylation sites is 1. The quantitative estimate of drug-likeness (QED) is 0.758. The fourth-order valence-electron chi connectivity index (χ4n) is 1.58. The number of benzene rings is 1. The van der Waals surface area contributed by atoms with Crippen molar-refractivity contribution < 1.29 is 9.90 Å². The molecule has 0 heterocycles. The zero-order valence-corrected chi connectivity index (χ0v) is 9.47. The zero-order valence-electron chi connectivity index (χ0n) is 9.47. The van der Waals surface area contributed by atoms with Crippen molar-refractivity contribution in [2.75, 3.05) is 24.5 Å². The first-order valence-electron chi connectivity index (χ1n) is 5.35. The van der Waals surface area contributed by atoms with Crippen molar-refractivity contribution in [2.24, 2.45) is 5.73 Å². The molecule has 1 rings (SSSR count). The van der Waals surface area contributed by atoms with Crippen LogP contribution >= 0.6 is 0 Å². The molecular weight excluding hydrogens is 218 g/mol. The molecule has 5 nitrogen and oxygen atoms in total. The summed E-state index contributed by atoms with van der Waals surface area (Å²) in [6.45, 7) is 1.30. The molecule has 1 aromatic carbocycles. The van der Waals surface area contributed by atoms with E-state index < -0.39 is 5.97 Å².